The van der Waals surface area contributed by atoms with E-state index >= 15 is 0 Å². The van der Waals surface area contributed by atoms with Crippen LogP contribution in [0.25, 0.3) is 0 Å². The van der Waals surface area contributed by atoms with E-state index in [0.29, 0.717) is 6.42 Å². The van der Waals surface area contributed by atoms with Gasteiger partial charge in [0.25, 0.3) is 0 Å². The Morgan fingerprint density at radius 3 is 2.21 bits per heavy atom. The quantitative estimate of drug-likeness (QED) is 0.596. The van der Waals surface area contributed by atoms with Crippen LogP contribution in [-0.4, -0.2) is 23.2 Å². The minimum Gasteiger partial charge on any atom is -0.394 e. The van der Waals surface area contributed by atoms with Crippen molar-refractivity contribution in [3.05, 3.63) is 0 Å². The van der Waals surface area contributed by atoms with Gasteiger partial charge in [-0.2, -0.15) is 0 Å². The van der Waals surface area contributed by atoms with Crippen LogP contribution < -0.4 is 5.32 Å². The lowest BCUT2D eigenvalue weighted by Gasteiger charge is -2.28. The van der Waals surface area contributed by atoms with Gasteiger partial charge in [-0.05, 0) is 19.3 Å². The van der Waals surface area contributed by atoms with Crippen molar-refractivity contribution in [3.63, 3.8) is 0 Å². The van der Waals surface area contributed by atoms with Crippen molar-refractivity contribution in [2.24, 2.45) is 0 Å². The summed E-state index contributed by atoms with van der Waals surface area (Å²) < 4.78 is 0. The van der Waals surface area contributed by atoms with E-state index in [4.69, 9.17) is 0 Å². The van der Waals surface area contributed by atoms with Gasteiger partial charge in [-0.25, -0.2) is 0 Å². The highest BCUT2D eigenvalue weighted by Crippen LogP contribution is 2.29. The Hall–Kier alpha value is -0.570. The molecule has 3 nitrogen and oxygen atoms in total. The highest BCUT2D eigenvalue weighted by molar-refractivity contribution is 5.76. The lowest BCUT2D eigenvalue weighted by Crippen LogP contribution is -2.49. The smallest absolute Gasteiger partial charge is 0.220 e. The van der Waals surface area contributed by atoms with Crippen molar-refractivity contribution in [1.82, 2.24) is 5.32 Å². The number of unbranched alkanes of at least 4 members (excludes halogenated alkanes) is 6. The Morgan fingerprint density at radius 1 is 1.05 bits per heavy atom. The highest BCUT2D eigenvalue weighted by Gasteiger charge is 2.34. The molecule has 0 heterocycles. The van der Waals surface area contributed by atoms with E-state index < -0.39 is 0 Å². The van der Waals surface area contributed by atoms with Gasteiger partial charge < -0.3 is 10.4 Å². The molecule has 1 amide bonds. The van der Waals surface area contributed by atoms with E-state index in [-0.39, 0.29) is 18.1 Å². The fourth-order valence-corrected chi connectivity index (χ4v) is 2.98. The molecule has 0 atom stereocenters. The molecule has 1 aliphatic rings. The molecule has 19 heavy (non-hydrogen) atoms. The van der Waals surface area contributed by atoms with E-state index in [9.17, 15) is 9.90 Å². The molecule has 0 aromatic carbocycles. The molecule has 0 saturated heterocycles. The summed E-state index contributed by atoms with van der Waals surface area (Å²) in [7, 11) is 0. The van der Waals surface area contributed by atoms with Crippen LogP contribution in [0.5, 0.6) is 0 Å². The van der Waals surface area contributed by atoms with Gasteiger partial charge in [0, 0.05) is 6.42 Å². The molecule has 0 aliphatic heterocycles. The summed E-state index contributed by atoms with van der Waals surface area (Å²) in [6, 6.07) is 0. The third-order valence-electron chi connectivity index (χ3n) is 4.28. The van der Waals surface area contributed by atoms with Gasteiger partial charge in [0.2, 0.25) is 5.91 Å². The number of carbonyl (C=O) groups excluding carboxylic acids is 1. The first-order chi connectivity index (χ1) is 9.22. The summed E-state index contributed by atoms with van der Waals surface area (Å²) in [5, 5.41) is 12.5. The molecule has 1 saturated carbocycles. The fourth-order valence-electron chi connectivity index (χ4n) is 2.98. The maximum atomic E-state index is 11.9. The van der Waals surface area contributed by atoms with Crippen molar-refractivity contribution in [2.45, 2.75) is 89.5 Å². The summed E-state index contributed by atoms with van der Waals surface area (Å²) in [5.41, 5.74) is -0.293. The van der Waals surface area contributed by atoms with Crippen molar-refractivity contribution < 1.29 is 9.90 Å². The van der Waals surface area contributed by atoms with Crippen molar-refractivity contribution in [3.8, 4) is 0 Å². The van der Waals surface area contributed by atoms with E-state index in [1.807, 2.05) is 0 Å². The van der Waals surface area contributed by atoms with E-state index in [0.717, 1.165) is 38.5 Å². The maximum absolute atomic E-state index is 11.9. The third-order valence-corrected chi connectivity index (χ3v) is 4.28. The van der Waals surface area contributed by atoms with Crippen molar-refractivity contribution in [1.29, 1.82) is 0 Å². The average molecular weight is 269 g/mol. The zero-order valence-corrected chi connectivity index (χ0v) is 12.5. The van der Waals surface area contributed by atoms with Crippen LogP contribution in [0.3, 0.4) is 0 Å². The molecule has 1 fully saturated rings. The molecule has 0 aromatic heterocycles. The molecule has 0 unspecified atom stereocenters. The zero-order chi connectivity index (χ0) is 14.0. The number of nitrogens with one attached hydrogen (secondary N) is 1. The molecule has 1 aliphatic carbocycles. The molecule has 0 spiro atoms. The lowest BCUT2D eigenvalue weighted by molar-refractivity contribution is -0.123. The predicted octanol–water partition coefficient (Wildman–Crippen LogP) is 3.55. The second-order valence-corrected chi connectivity index (χ2v) is 6.07. The van der Waals surface area contributed by atoms with Crippen LogP contribution >= 0.6 is 0 Å². The van der Waals surface area contributed by atoms with Crippen molar-refractivity contribution >= 4 is 5.91 Å². The first kappa shape index (κ1) is 16.5. The molecular formula is C16H31NO2. The van der Waals surface area contributed by atoms with E-state index in [2.05, 4.69) is 12.2 Å². The number of aliphatic hydroxyl groups excluding tert-OH is 1. The molecular weight excluding hydrogens is 238 g/mol. The standard InChI is InChI=1S/C16H31NO2/c1-2-3-4-5-6-7-8-11-15(19)17-16(14-18)12-9-10-13-16/h18H,2-14H2,1H3,(H,17,19). The summed E-state index contributed by atoms with van der Waals surface area (Å²) in [6.07, 6.45) is 13.4. The SMILES string of the molecule is CCCCCCCCCC(=O)NC1(CO)CCCC1. The summed E-state index contributed by atoms with van der Waals surface area (Å²) >= 11 is 0. The Morgan fingerprint density at radius 2 is 1.63 bits per heavy atom. The first-order valence-corrected chi connectivity index (χ1v) is 8.14. The second-order valence-electron chi connectivity index (χ2n) is 6.07. The van der Waals surface area contributed by atoms with Crippen LogP contribution in [0, 0.1) is 0 Å². The molecule has 3 heteroatoms. The molecule has 112 valence electrons. The van der Waals surface area contributed by atoms with Gasteiger partial charge in [0.1, 0.15) is 0 Å². The van der Waals surface area contributed by atoms with Crippen LogP contribution in [0.2, 0.25) is 0 Å². The second kappa shape index (κ2) is 9.35. The normalized spacial score (nSPS) is 17.6. The Kier molecular flexibility index (Phi) is 8.11. The minimum absolute atomic E-state index is 0.0930. The van der Waals surface area contributed by atoms with Gasteiger partial charge in [-0.15, -0.1) is 0 Å². The Bertz CT molecular complexity index is 247. The van der Waals surface area contributed by atoms with Gasteiger partial charge >= 0.3 is 0 Å². The number of amides is 1. The minimum atomic E-state index is -0.293. The highest BCUT2D eigenvalue weighted by atomic mass is 16.3. The van der Waals surface area contributed by atoms with Crippen molar-refractivity contribution in [2.75, 3.05) is 6.61 Å². The number of aliphatic hydroxyl groups is 1. The number of rotatable bonds is 10. The Balaban J connectivity index is 2.04. The van der Waals surface area contributed by atoms with E-state index in [1.165, 1.54) is 32.1 Å². The maximum Gasteiger partial charge on any atom is 0.220 e. The average Bonchev–Trinajstić information content (AvgIpc) is 2.87. The summed E-state index contributed by atoms with van der Waals surface area (Å²) in [5.74, 6) is 0.129. The van der Waals surface area contributed by atoms with Crippen LogP contribution in [-0.2, 0) is 4.79 Å². The molecule has 0 aromatic rings. The van der Waals surface area contributed by atoms with Gasteiger partial charge in [-0.3, -0.25) is 4.79 Å². The molecule has 2 N–H and O–H groups in total. The van der Waals surface area contributed by atoms with Crippen LogP contribution in [0.15, 0.2) is 0 Å². The van der Waals surface area contributed by atoms with Gasteiger partial charge in [0.15, 0.2) is 0 Å². The first-order valence-electron chi connectivity index (χ1n) is 8.14. The number of hydrogen-bond donors (Lipinski definition) is 2. The summed E-state index contributed by atoms with van der Waals surface area (Å²) in [6.45, 7) is 2.32. The summed E-state index contributed by atoms with van der Waals surface area (Å²) in [4.78, 5) is 11.9. The predicted molar refractivity (Wildman–Crippen MR) is 79.0 cm³/mol. The zero-order valence-electron chi connectivity index (χ0n) is 12.5. The number of carbonyl (C=O) groups is 1. The lowest BCUT2D eigenvalue weighted by atomic mass is 9.98. The van der Waals surface area contributed by atoms with E-state index in [1.54, 1.807) is 0 Å². The fraction of sp³-hybridized carbons (Fsp3) is 0.938. The van der Waals surface area contributed by atoms with Crippen LogP contribution in [0.1, 0.15) is 84.0 Å². The molecule has 0 bridgehead atoms. The molecule has 0 radical (unpaired) electrons. The Labute approximate surface area is 118 Å². The molecule has 1 rings (SSSR count). The van der Waals surface area contributed by atoms with Gasteiger partial charge in [-0.1, -0.05) is 58.3 Å². The topological polar surface area (TPSA) is 49.3 Å². The van der Waals surface area contributed by atoms with Gasteiger partial charge in [0.05, 0.1) is 12.1 Å². The monoisotopic (exact) mass is 269 g/mol. The largest absolute Gasteiger partial charge is 0.394 e. The van der Waals surface area contributed by atoms with Crippen LogP contribution in [0.4, 0.5) is 0 Å². The third kappa shape index (κ3) is 6.42. The number of hydrogen-bond acceptors (Lipinski definition) is 2.